The number of likely N-dealkylation sites (tertiary alicyclic amines) is 1. The predicted molar refractivity (Wildman–Crippen MR) is 75.4 cm³/mol. The first kappa shape index (κ1) is 16.3. The maximum atomic E-state index is 12.0. The molecule has 3 unspecified atom stereocenters. The summed E-state index contributed by atoms with van der Waals surface area (Å²) in [6.07, 6.45) is 2.42. The van der Waals surface area contributed by atoms with Gasteiger partial charge in [-0.1, -0.05) is 18.9 Å². The van der Waals surface area contributed by atoms with Crippen molar-refractivity contribution in [1.29, 1.82) is 0 Å². The SMILES string of the molecule is COC(C(C)C(=O)NCCSN)C1CCCN1C=O. The molecule has 0 bridgehead atoms. The van der Waals surface area contributed by atoms with Crippen molar-refractivity contribution in [2.24, 2.45) is 11.1 Å². The summed E-state index contributed by atoms with van der Waals surface area (Å²) in [5, 5.41) is 8.14. The number of nitrogens with zero attached hydrogens (tertiary/aromatic N) is 1. The Labute approximate surface area is 118 Å². The topological polar surface area (TPSA) is 84.7 Å². The highest BCUT2D eigenvalue weighted by atomic mass is 32.2. The summed E-state index contributed by atoms with van der Waals surface area (Å²) >= 11 is 1.20. The number of nitrogens with one attached hydrogen (secondary N) is 1. The number of hydrogen-bond donors (Lipinski definition) is 2. The van der Waals surface area contributed by atoms with Gasteiger partial charge >= 0.3 is 0 Å². The van der Waals surface area contributed by atoms with E-state index in [9.17, 15) is 9.59 Å². The Morgan fingerprint density at radius 1 is 1.68 bits per heavy atom. The van der Waals surface area contributed by atoms with Gasteiger partial charge in [0.05, 0.1) is 18.1 Å². The van der Waals surface area contributed by atoms with Crippen molar-refractivity contribution >= 4 is 24.3 Å². The molecule has 0 aromatic carbocycles. The van der Waals surface area contributed by atoms with Crippen LogP contribution in [0.5, 0.6) is 0 Å². The summed E-state index contributed by atoms with van der Waals surface area (Å²) in [5.74, 6) is 0.331. The number of rotatable bonds is 8. The Bertz CT molecular complexity index is 304. The molecule has 6 nitrogen and oxygen atoms in total. The van der Waals surface area contributed by atoms with Crippen LogP contribution in [-0.2, 0) is 14.3 Å². The molecule has 3 N–H and O–H groups in total. The molecule has 1 fully saturated rings. The fourth-order valence-electron chi connectivity index (χ4n) is 2.54. The number of carbonyl (C=O) groups excluding carboxylic acids is 2. The molecule has 110 valence electrons. The number of hydrogen-bond acceptors (Lipinski definition) is 5. The summed E-state index contributed by atoms with van der Waals surface area (Å²) in [5.41, 5.74) is 0. The molecule has 0 aromatic rings. The Morgan fingerprint density at radius 3 is 3.00 bits per heavy atom. The third kappa shape index (κ3) is 4.36. The summed E-state index contributed by atoms with van der Waals surface area (Å²) < 4.78 is 5.46. The first-order chi connectivity index (χ1) is 9.15. The average molecular weight is 289 g/mol. The zero-order chi connectivity index (χ0) is 14.3. The Kier molecular flexibility index (Phi) is 7.19. The van der Waals surface area contributed by atoms with Crippen molar-refractivity contribution in [2.75, 3.05) is 26.0 Å². The first-order valence-corrected chi connectivity index (χ1v) is 7.53. The van der Waals surface area contributed by atoms with E-state index in [4.69, 9.17) is 9.88 Å². The van der Waals surface area contributed by atoms with Gasteiger partial charge in [-0.2, -0.15) is 0 Å². The van der Waals surface area contributed by atoms with Gasteiger partial charge in [-0.3, -0.25) is 14.7 Å². The first-order valence-electron chi connectivity index (χ1n) is 6.49. The lowest BCUT2D eigenvalue weighted by atomic mass is 9.95. The minimum absolute atomic E-state index is 0.00728. The second kappa shape index (κ2) is 8.39. The lowest BCUT2D eigenvalue weighted by Crippen LogP contribution is -2.47. The van der Waals surface area contributed by atoms with Gasteiger partial charge in [-0.25, -0.2) is 0 Å². The van der Waals surface area contributed by atoms with E-state index in [0.717, 1.165) is 25.8 Å². The van der Waals surface area contributed by atoms with E-state index < -0.39 is 0 Å². The Hall–Kier alpha value is -0.790. The smallest absolute Gasteiger partial charge is 0.225 e. The van der Waals surface area contributed by atoms with Gasteiger partial charge in [0.2, 0.25) is 12.3 Å². The monoisotopic (exact) mass is 289 g/mol. The van der Waals surface area contributed by atoms with Crippen LogP contribution in [0.25, 0.3) is 0 Å². The fourth-order valence-corrected chi connectivity index (χ4v) is 2.76. The van der Waals surface area contributed by atoms with Gasteiger partial charge in [0.1, 0.15) is 0 Å². The number of nitrogens with two attached hydrogens (primary N) is 1. The normalized spacial score (nSPS) is 22.1. The van der Waals surface area contributed by atoms with E-state index >= 15 is 0 Å². The van der Waals surface area contributed by atoms with Crippen LogP contribution in [0.15, 0.2) is 0 Å². The zero-order valence-electron chi connectivity index (χ0n) is 11.5. The average Bonchev–Trinajstić information content (AvgIpc) is 2.88. The van der Waals surface area contributed by atoms with E-state index in [1.807, 2.05) is 6.92 Å². The van der Waals surface area contributed by atoms with Crippen molar-refractivity contribution in [1.82, 2.24) is 10.2 Å². The molecule has 0 aliphatic carbocycles. The Balaban J connectivity index is 2.57. The van der Waals surface area contributed by atoms with E-state index in [2.05, 4.69) is 5.32 Å². The molecule has 3 atom stereocenters. The number of ether oxygens (including phenoxy) is 1. The van der Waals surface area contributed by atoms with Gasteiger partial charge in [-0.05, 0) is 12.8 Å². The highest BCUT2D eigenvalue weighted by molar-refractivity contribution is 7.97. The molecule has 0 spiro atoms. The van der Waals surface area contributed by atoms with Crippen molar-refractivity contribution < 1.29 is 14.3 Å². The minimum atomic E-state index is -0.293. The van der Waals surface area contributed by atoms with E-state index in [-0.39, 0.29) is 24.0 Å². The number of amides is 2. The van der Waals surface area contributed by atoms with Gasteiger partial charge in [0.25, 0.3) is 0 Å². The highest BCUT2D eigenvalue weighted by Crippen LogP contribution is 2.24. The summed E-state index contributed by atoms with van der Waals surface area (Å²) in [4.78, 5) is 24.7. The van der Waals surface area contributed by atoms with Crippen LogP contribution >= 0.6 is 11.9 Å². The standard InChI is InChI=1S/C12H23N3O3S/c1-9(12(17)14-5-7-19-13)11(18-2)10-4-3-6-15(10)8-16/h8-11H,3-7,13H2,1-2H3,(H,14,17). The molecule has 7 heteroatoms. The van der Waals surface area contributed by atoms with Crippen molar-refractivity contribution in [2.45, 2.75) is 31.9 Å². The fraction of sp³-hybridized carbons (Fsp3) is 0.833. The maximum Gasteiger partial charge on any atom is 0.225 e. The third-order valence-corrected chi connectivity index (χ3v) is 3.99. The van der Waals surface area contributed by atoms with Crippen molar-refractivity contribution in [3.05, 3.63) is 0 Å². The van der Waals surface area contributed by atoms with E-state index in [1.165, 1.54) is 11.9 Å². The van der Waals surface area contributed by atoms with Crippen LogP contribution in [-0.4, -0.2) is 55.3 Å². The van der Waals surface area contributed by atoms with Gasteiger partial charge in [0, 0.05) is 26.0 Å². The molecule has 1 heterocycles. The van der Waals surface area contributed by atoms with Crippen LogP contribution in [0.1, 0.15) is 19.8 Å². The Morgan fingerprint density at radius 2 is 2.42 bits per heavy atom. The zero-order valence-corrected chi connectivity index (χ0v) is 12.3. The van der Waals surface area contributed by atoms with Gasteiger partial charge in [0.15, 0.2) is 0 Å². The summed E-state index contributed by atoms with van der Waals surface area (Å²) in [6, 6.07) is -0.00728. The van der Waals surface area contributed by atoms with Gasteiger partial charge in [-0.15, -0.1) is 0 Å². The van der Waals surface area contributed by atoms with Crippen LogP contribution < -0.4 is 10.5 Å². The molecule has 0 saturated carbocycles. The third-order valence-electron chi connectivity index (χ3n) is 3.55. The van der Waals surface area contributed by atoms with E-state index in [1.54, 1.807) is 12.0 Å². The molecule has 1 aliphatic heterocycles. The minimum Gasteiger partial charge on any atom is -0.378 e. The summed E-state index contributed by atoms with van der Waals surface area (Å²) in [6.45, 7) is 3.12. The molecule has 2 amide bonds. The van der Waals surface area contributed by atoms with Gasteiger partial charge < -0.3 is 15.0 Å². The second-order valence-electron chi connectivity index (χ2n) is 4.70. The van der Waals surface area contributed by atoms with Crippen LogP contribution in [0.2, 0.25) is 0 Å². The number of carbonyl (C=O) groups is 2. The van der Waals surface area contributed by atoms with E-state index in [0.29, 0.717) is 12.3 Å². The van der Waals surface area contributed by atoms with Crippen molar-refractivity contribution in [3.63, 3.8) is 0 Å². The van der Waals surface area contributed by atoms with Crippen LogP contribution in [0.4, 0.5) is 0 Å². The van der Waals surface area contributed by atoms with Crippen molar-refractivity contribution in [3.8, 4) is 0 Å². The molecule has 1 aliphatic rings. The van der Waals surface area contributed by atoms with Crippen LogP contribution in [0, 0.1) is 5.92 Å². The molecule has 1 saturated heterocycles. The lowest BCUT2D eigenvalue weighted by molar-refractivity contribution is -0.133. The molecule has 1 rings (SSSR count). The molecule has 0 radical (unpaired) electrons. The molecular formula is C12H23N3O3S. The predicted octanol–water partition coefficient (Wildman–Crippen LogP) is -0.0186. The largest absolute Gasteiger partial charge is 0.378 e. The number of methoxy groups -OCH3 is 1. The quantitative estimate of drug-likeness (QED) is 0.373. The molecular weight excluding hydrogens is 266 g/mol. The van der Waals surface area contributed by atoms with Crippen LogP contribution in [0.3, 0.4) is 0 Å². The molecule has 19 heavy (non-hydrogen) atoms. The molecule has 0 aromatic heterocycles. The maximum absolute atomic E-state index is 12.0. The summed E-state index contributed by atoms with van der Waals surface area (Å²) in [7, 11) is 1.59. The lowest BCUT2D eigenvalue weighted by Gasteiger charge is -2.31. The highest BCUT2D eigenvalue weighted by Gasteiger charge is 2.36. The second-order valence-corrected chi connectivity index (χ2v) is 5.45.